The molecule has 1 aliphatic rings. The number of carbonyl (C=O) groups is 1. The van der Waals surface area contributed by atoms with Crippen LogP contribution in [-0.2, 0) is 6.42 Å². The molecule has 0 saturated heterocycles. The number of amides is 1. The molecule has 0 radical (unpaired) electrons. The molecule has 1 amide bonds. The number of ether oxygens (including phenoxy) is 1. The Morgan fingerprint density at radius 1 is 1.08 bits per heavy atom. The lowest BCUT2D eigenvalue weighted by molar-refractivity contribution is 0.0932. The molecule has 1 unspecified atom stereocenters. The first kappa shape index (κ1) is 26.0. The van der Waals surface area contributed by atoms with E-state index in [1.54, 1.807) is 30.1 Å². The van der Waals surface area contributed by atoms with Crippen LogP contribution in [0.2, 0.25) is 10.0 Å². The number of pyridine rings is 1. The van der Waals surface area contributed by atoms with Gasteiger partial charge >= 0.3 is 0 Å². The van der Waals surface area contributed by atoms with Gasteiger partial charge in [-0.3, -0.25) is 9.78 Å². The molecule has 0 fully saturated rings. The number of nitrogens with zero attached hydrogens (tertiary/aromatic N) is 3. The molecule has 0 bridgehead atoms. The quantitative estimate of drug-likeness (QED) is 0.257. The smallest absolute Gasteiger partial charge is 0.272 e. The Labute approximate surface area is 232 Å². The molecule has 38 heavy (non-hydrogen) atoms. The van der Waals surface area contributed by atoms with Gasteiger partial charge < -0.3 is 10.1 Å². The minimum atomic E-state index is -0.274. The Balaban J connectivity index is 1.63. The highest BCUT2D eigenvalue weighted by Crippen LogP contribution is 2.37. The van der Waals surface area contributed by atoms with Crippen LogP contribution in [0, 0.1) is 0 Å². The summed E-state index contributed by atoms with van der Waals surface area (Å²) in [5.41, 5.74) is 5.81. The van der Waals surface area contributed by atoms with Crippen LogP contribution in [0.25, 0.3) is 17.3 Å². The molecule has 0 aliphatic heterocycles. The Bertz CT molecular complexity index is 1480. The molecular weight excluding hydrogens is 519 g/mol. The SMILES string of the molecule is COc1ccc(/C=C2\CCCCc3c(C(=O)NC(C)c4ccccn4)nn(-c4ccc(Cl)cc4Cl)c32)cc1. The number of nitrogens with one attached hydrogen (secondary N) is 1. The maximum atomic E-state index is 13.6. The largest absolute Gasteiger partial charge is 0.497 e. The number of hydrogen-bond donors (Lipinski definition) is 1. The van der Waals surface area contributed by atoms with Crippen molar-refractivity contribution in [2.45, 2.75) is 38.6 Å². The molecule has 0 spiro atoms. The zero-order valence-corrected chi connectivity index (χ0v) is 22.8. The fourth-order valence-corrected chi connectivity index (χ4v) is 5.26. The number of carbonyl (C=O) groups excluding carboxylic acids is 1. The van der Waals surface area contributed by atoms with Gasteiger partial charge in [0.25, 0.3) is 5.91 Å². The number of halogens is 2. The average Bonchev–Trinajstić information content (AvgIpc) is 3.18. The summed E-state index contributed by atoms with van der Waals surface area (Å²) in [5.74, 6) is 0.557. The lowest BCUT2D eigenvalue weighted by Gasteiger charge is -2.13. The van der Waals surface area contributed by atoms with Crippen molar-refractivity contribution >= 4 is 40.8 Å². The van der Waals surface area contributed by atoms with Crippen LogP contribution in [0.1, 0.15) is 65.2 Å². The minimum Gasteiger partial charge on any atom is -0.497 e. The van der Waals surface area contributed by atoms with Crippen LogP contribution in [0.4, 0.5) is 0 Å². The van der Waals surface area contributed by atoms with E-state index < -0.39 is 0 Å². The predicted molar refractivity (Wildman–Crippen MR) is 152 cm³/mol. The van der Waals surface area contributed by atoms with Crippen LogP contribution in [0.5, 0.6) is 5.75 Å². The van der Waals surface area contributed by atoms with E-state index in [1.807, 2.05) is 55.5 Å². The summed E-state index contributed by atoms with van der Waals surface area (Å²) >= 11 is 12.9. The van der Waals surface area contributed by atoms with Gasteiger partial charge in [-0.15, -0.1) is 0 Å². The number of fused-ring (bicyclic) bond motifs is 1. The zero-order valence-electron chi connectivity index (χ0n) is 21.2. The molecule has 2 aromatic carbocycles. The summed E-state index contributed by atoms with van der Waals surface area (Å²) in [5, 5.41) is 8.94. The van der Waals surface area contributed by atoms with Crippen molar-refractivity contribution in [3.63, 3.8) is 0 Å². The maximum Gasteiger partial charge on any atom is 0.272 e. The van der Waals surface area contributed by atoms with E-state index in [9.17, 15) is 4.79 Å². The van der Waals surface area contributed by atoms with E-state index >= 15 is 0 Å². The second-order valence-electron chi connectivity index (χ2n) is 9.28. The lowest BCUT2D eigenvalue weighted by Crippen LogP contribution is -2.28. The van der Waals surface area contributed by atoms with Gasteiger partial charge in [0.05, 0.1) is 35.2 Å². The molecule has 6 nitrogen and oxygen atoms in total. The standard InChI is InChI=1S/C30H28Cl2N4O2/c1-19(26-9-5-6-16-33-26)34-30(37)28-24-8-4-3-7-21(17-20-10-13-23(38-2)14-11-20)29(24)36(35-28)27-15-12-22(31)18-25(27)32/h5-6,9-19H,3-4,7-8H2,1-2H3,(H,34,37)/b21-17+. The second-order valence-corrected chi connectivity index (χ2v) is 10.1. The average molecular weight is 547 g/mol. The Morgan fingerprint density at radius 3 is 2.58 bits per heavy atom. The van der Waals surface area contributed by atoms with Crippen LogP contribution in [0.3, 0.4) is 0 Å². The van der Waals surface area contributed by atoms with Crippen LogP contribution in [-0.4, -0.2) is 27.8 Å². The first-order valence-electron chi connectivity index (χ1n) is 12.6. The molecule has 5 rings (SSSR count). The highest BCUT2D eigenvalue weighted by atomic mass is 35.5. The molecule has 1 N–H and O–H groups in total. The van der Waals surface area contributed by atoms with Crippen molar-refractivity contribution in [2.75, 3.05) is 7.11 Å². The number of rotatable bonds is 6. The van der Waals surface area contributed by atoms with Gasteiger partial charge in [-0.2, -0.15) is 5.10 Å². The third-order valence-electron chi connectivity index (χ3n) is 6.70. The van der Waals surface area contributed by atoms with Crippen molar-refractivity contribution < 1.29 is 9.53 Å². The summed E-state index contributed by atoms with van der Waals surface area (Å²) in [6.45, 7) is 1.92. The van der Waals surface area contributed by atoms with E-state index in [0.717, 1.165) is 59.5 Å². The molecule has 4 aromatic rings. The summed E-state index contributed by atoms with van der Waals surface area (Å²) in [7, 11) is 1.65. The van der Waals surface area contributed by atoms with Gasteiger partial charge in [0.1, 0.15) is 5.75 Å². The first-order valence-corrected chi connectivity index (χ1v) is 13.3. The van der Waals surface area contributed by atoms with E-state index in [4.69, 9.17) is 33.0 Å². The van der Waals surface area contributed by atoms with Crippen LogP contribution in [0.15, 0.2) is 66.9 Å². The summed E-state index contributed by atoms with van der Waals surface area (Å²) in [6, 6.07) is 18.6. The van der Waals surface area contributed by atoms with Crippen molar-refractivity contribution in [1.29, 1.82) is 0 Å². The fourth-order valence-electron chi connectivity index (χ4n) is 4.78. The highest BCUT2D eigenvalue weighted by molar-refractivity contribution is 6.35. The molecule has 2 heterocycles. The fraction of sp³-hybridized carbons (Fsp3) is 0.233. The van der Waals surface area contributed by atoms with E-state index in [0.29, 0.717) is 21.4 Å². The van der Waals surface area contributed by atoms with Gasteiger partial charge in [-0.25, -0.2) is 4.68 Å². The summed E-state index contributed by atoms with van der Waals surface area (Å²) in [6.07, 6.45) is 7.41. The van der Waals surface area contributed by atoms with Crippen molar-refractivity contribution in [1.82, 2.24) is 20.1 Å². The summed E-state index contributed by atoms with van der Waals surface area (Å²) < 4.78 is 7.12. The maximum absolute atomic E-state index is 13.6. The predicted octanol–water partition coefficient (Wildman–Crippen LogP) is 7.34. The zero-order chi connectivity index (χ0) is 26.6. The summed E-state index contributed by atoms with van der Waals surface area (Å²) in [4.78, 5) is 18.0. The minimum absolute atomic E-state index is 0.242. The third kappa shape index (κ3) is 5.47. The number of benzene rings is 2. The molecule has 194 valence electrons. The number of hydrogen-bond acceptors (Lipinski definition) is 4. The van der Waals surface area contributed by atoms with E-state index in [-0.39, 0.29) is 11.9 Å². The van der Waals surface area contributed by atoms with Gasteiger partial charge in [-0.1, -0.05) is 41.4 Å². The normalized spacial score (nSPS) is 15.0. The Hall–Kier alpha value is -3.61. The van der Waals surface area contributed by atoms with Crippen molar-refractivity contribution in [3.8, 4) is 11.4 Å². The van der Waals surface area contributed by atoms with Gasteiger partial charge in [0.15, 0.2) is 5.69 Å². The van der Waals surface area contributed by atoms with E-state index in [2.05, 4.69) is 16.4 Å². The molecular formula is C30H28Cl2N4O2. The molecule has 0 saturated carbocycles. The van der Waals surface area contributed by atoms with Crippen LogP contribution >= 0.6 is 23.2 Å². The molecule has 1 atom stereocenters. The first-order chi connectivity index (χ1) is 18.4. The highest BCUT2D eigenvalue weighted by Gasteiger charge is 2.29. The van der Waals surface area contributed by atoms with Crippen molar-refractivity contribution in [3.05, 3.63) is 105 Å². The topological polar surface area (TPSA) is 69.0 Å². The monoisotopic (exact) mass is 546 g/mol. The third-order valence-corrected chi connectivity index (χ3v) is 7.24. The van der Waals surface area contributed by atoms with Crippen LogP contribution < -0.4 is 10.1 Å². The second kappa shape index (κ2) is 11.4. The molecule has 2 aromatic heterocycles. The van der Waals surface area contributed by atoms with Gasteiger partial charge in [-0.05, 0) is 92.3 Å². The molecule has 1 aliphatic carbocycles. The lowest BCUT2D eigenvalue weighted by atomic mass is 10.0. The Kier molecular flexibility index (Phi) is 7.82. The van der Waals surface area contributed by atoms with Gasteiger partial charge in [0, 0.05) is 16.8 Å². The van der Waals surface area contributed by atoms with Gasteiger partial charge in [0.2, 0.25) is 0 Å². The number of allylic oxidation sites excluding steroid dienone is 1. The van der Waals surface area contributed by atoms with Crippen molar-refractivity contribution in [2.24, 2.45) is 0 Å². The molecule has 8 heteroatoms. The Morgan fingerprint density at radius 2 is 1.87 bits per heavy atom. The number of aromatic nitrogens is 3. The number of methoxy groups -OCH3 is 1. The van der Waals surface area contributed by atoms with E-state index in [1.165, 1.54) is 0 Å².